The van der Waals surface area contributed by atoms with Gasteiger partial charge in [-0.1, -0.05) is 42.0 Å². The average molecular weight is 256 g/mol. The molecular formula is C17H20O2. The van der Waals surface area contributed by atoms with E-state index in [1.807, 2.05) is 18.2 Å². The summed E-state index contributed by atoms with van der Waals surface area (Å²) in [7, 11) is 1.67. The zero-order valence-electron chi connectivity index (χ0n) is 11.5. The highest BCUT2D eigenvalue weighted by atomic mass is 16.5. The summed E-state index contributed by atoms with van der Waals surface area (Å²) in [6.07, 6.45) is 0.816. The fourth-order valence-corrected chi connectivity index (χ4v) is 2.21. The Labute approximate surface area is 114 Å². The lowest BCUT2D eigenvalue weighted by Crippen LogP contribution is -2.07. The van der Waals surface area contributed by atoms with Gasteiger partial charge in [0.05, 0.1) is 13.7 Å². The van der Waals surface area contributed by atoms with Crippen LogP contribution >= 0.6 is 0 Å². The third-order valence-corrected chi connectivity index (χ3v) is 3.39. The quantitative estimate of drug-likeness (QED) is 0.889. The minimum absolute atomic E-state index is 0.132. The van der Waals surface area contributed by atoms with Gasteiger partial charge in [-0.15, -0.1) is 0 Å². The maximum atomic E-state index is 9.61. The van der Waals surface area contributed by atoms with E-state index in [-0.39, 0.29) is 12.5 Å². The summed E-state index contributed by atoms with van der Waals surface area (Å²) < 4.78 is 5.23. The lowest BCUT2D eigenvalue weighted by Gasteiger charge is -2.15. The predicted molar refractivity (Wildman–Crippen MR) is 77.7 cm³/mol. The van der Waals surface area contributed by atoms with Gasteiger partial charge in [-0.3, -0.25) is 0 Å². The highest BCUT2D eigenvalue weighted by molar-refractivity contribution is 5.31. The number of methoxy groups -OCH3 is 1. The van der Waals surface area contributed by atoms with Crippen LogP contribution in [0.2, 0.25) is 0 Å². The number of ether oxygens (including phenoxy) is 1. The van der Waals surface area contributed by atoms with Gasteiger partial charge in [-0.25, -0.2) is 0 Å². The first-order chi connectivity index (χ1) is 9.22. The lowest BCUT2D eigenvalue weighted by atomic mass is 9.92. The van der Waals surface area contributed by atoms with Crippen molar-refractivity contribution in [2.45, 2.75) is 19.3 Å². The number of benzene rings is 2. The van der Waals surface area contributed by atoms with Crippen LogP contribution in [0.5, 0.6) is 5.75 Å². The molecule has 2 aromatic carbocycles. The molecule has 0 saturated heterocycles. The summed E-state index contributed by atoms with van der Waals surface area (Å²) in [5.41, 5.74) is 3.59. The van der Waals surface area contributed by atoms with Gasteiger partial charge >= 0.3 is 0 Å². The van der Waals surface area contributed by atoms with Crippen molar-refractivity contribution in [2.75, 3.05) is 13.7 Å². The monoisotopic (exact) mass is 256 g/mol. The number of aliphatic hydroxyl groups excluding tert-OH is 1. The molecule has 2 nitrogen and oxygen atoms in total. The second-order valence-electron chi connectivity index (χ2n) is 4.85. The van der Waals surface area contributed by atoms with Crippen molar-refractivity contribution < 1.29 is 9.84 Å². The zero-order chi connectivity index (χ0) is 13.7. The highest BCUT2D eigenvalue weighted by Crippen LogP contribution is 2.23. The molecule has 2 aromatic rings. The molecule has 0 fully saturated rings. The van der Waals surface area contributed by atoms with Crippen molar-refractivity contribution in [2.24, 2.45) is 0 Å². The van der Waals surface area contributed by atoms with Crippen molar-refractivity contribution in [1.29, 1.82) is 0 Å². The number of rotatable bonds is 5. The summed E-state index contributed by atoms with van der Waals surface area (Å²) in [4.78, 5) is 0. The molecule has 0 aliphatic heterocycles. The van der Waals surface area contributed by atoms with E-state index >= 15 is 0 Å². The Kier molecular flexibility index (Phi) is 4.58. The highest BCUT2D eigenvalue weighted by Gasteiger charge is 2.11. The van der Waals surface area contributed by atoms with Crippen LogP contribution in [0, 0.1) is 6.92 Å². The standard InChI is InChI=1S/C17H20O2/c1-13-6-8-15(9-7-13)16(12-18)10-14-4-3-5-17(11-14)19-2/h3-9,11,16,18H,10,12H2,1-2H3. The second-order valence-corrected chi connectivity index (χ2v) is 4.85. The molecule has 0 aromatic heterocycles. The molecule has 0 radical (unpaired) electrons. The maximum absolute atomic E-state index is 9.61. The topological polar surface area (TPSA) is 29.5 Å². The zero-order valence-corrected chi connectivity index (χ0v) is 11.5. The van der Waals surface area contributed by atoms with E-state index in [1.54, 1.807) is 7.11 Å². The molecule has 0 bridgehead atoms. The second kappa shape index (κ2) is 6.39. The van der Waals surface area contributed by atoms with Crippen LogP contribution in [0.3, 0.4) is 0 Å². The minimum atomic E-state index is 0.132. The molecule has 2 heteroatoms. The van der Waals surface area contributed by atoms with Gasteiger partial charge in [0.1, 0.15) is 5.75 Å². The van der Waals surface area contributed by atoms with Crippen LogP contribution in [0.1, 0.15) is 22.6 Å². The number of aliphatic hydroxyl groups is 1. The van der Waals surface area contributed by atoms with E-state index in [2.05, 4.69) is 37.3 Å². The number of aryl methyl sites for hydroxylation is 1. The van der Waals surface area contributed by atoms with Gasteiger partial charge in [-0.2, -0.15) is 0 Å². The predicted octanol–water partition coefficient (Wildman–Crippen LogP) is 3.32. The normalized spacial score (nSPS) is 12.2. The molecule has 1 N–H and O–H groups in total. The first-order valence-electron chi connectivity index (χ1n) is 6.53. The van der Waals surface area contributed by atoms with Gasteiger partial charge in [0.25, 0.3) is 0 Å². The Bertz CT molecular complexity index is 517. The van der Waals surface area contributed by atoms with Crippen molar-refractivity contribution in [3.05, 3.63) is 65.2 Å². The smallest absolute Gasteiger partial charge is 0.119 e. The Hall–Kier alpha value is -1.80. The largest absolute Gasteiger partial charge is 0.497 e. The summed E-state index contributed by atoms with van der Waals surface area (Å²) in [6, 6.07) is 16.4. The number of hydrogen-bond acceptors (Lipinski definition) is 2. The van der Waals surface area contributed by atoms with Gasteiger partial charge in [-0.05, 0) is 36.6 Å². The first-order valence-corrected chi connectivity index (χ1v) is 6.53. The van der Waals surface area contributed by atoms with E-state index in [1.165, 1.54) is 16.7 Å². The van der Waals surface area contributed by atoms with E-state index in [9.17, 15) is 5.11 Å². The molecular weight excluding hydrogens is 236 g/mol. The van der Waals surface area contributed by atoms with Gasteiger partial charge in [0, 0.05) is 5.92 Å². The molecule has 0 aliphatic carbocycles. The van der Waals surface area contributed by atoms with Crippen molar-refractivity contribution in [1.82, 2.24) is 0 Å². The Morgan fingerprint density at radius 1 is 1.11 bits per heavy atom. The summed E-state index contributed by atoms with van der Waals surface area (Å²) in [5.74, 6) is 0.991. The molecule has 1 atom stereocenters. The third-order valence-electron chi connectivity index (χ3n) is 3.39. The van der Waals surface area contributed by atoms with Crippen LogP contribution < -0.4 is 4.74 Å². The molecule has 0 spiro atoms. The molecule has 19 heavy (non-hydrogen) atoms. The van der Waals surface area contributed by atoms with Crippen molar-refractivity contribution in [3.8, 4) is 5.75 Å². The molecule has 0 saturated carbocycles. The van der Waals surface area contributed by atoms with Crippen molar-refractivity contribution in [3.63, 3.8) is 0 Å². The molecule has 2 rings (SSSR count). The van der Waals surface area contributed by atoms with Gasteiger partial charge < -0.3 is 9.84 Å². The van der Waals surface area contributed by atoms with E-state index in [0.717, 1.165) is 12.2 Å². The van der Waals surface area contributed by atoms with E-state index in [4.69, 9.17) is 4.74 Å². The third kappa shape index (κ3) is 3.58. The lowest BCUT2D eigenvalue weighted by molar-refractivity contribution is 0.264. The van der Waals surface area contributed by atoms with Crippen LogP contribution in [0.15, 0.2) is 48.5 Å². The maximum Gasteiger partial charge on any atom is 0.119 e. The van der Waals surface area contributed by atoms with Crippen LogP contribution in [0.25, 0.3) is 0 Å². The van der Waals surface area contributed by atoms with Crippen LogP contribution in [-0.4, -0.2) is 18.8 Å². The Morgan fingerprint density at radius 3 is 2.47 bits per heavy atom. The number of hydrogen-bond donors (Lipinski definition) is 1. The average Bonchev–Trinajstić information content (AvgIpc) is 2.46. The Morgan fingerprint density at radius 2 is 1.84 bits per heavy atom. The summed E-state index contributed by atoms with van der Waals surface area (Å²) in [5, 5.41) is 9.61. The van der Waals surface area contributed by atoms with E-state index < -0.39 is 0 Å². The van der Waals surface area contributed by atoms with E-state index in [0.29, 0.717) is 0 Å². The molecule has 0 amide bonds. The molecule has 0 aliphatic rings. The fraction of sp³-hybridized carbons (Fsp3) is 0.294. The van der Waals surface area contributed by atoms with Crippen LogP contribution in [0.4, 0.5) is 0 Å². The van der Waals surface area contributed by atoms with Gasteiger partial charge in [0.15, 0.2) is 0 Å². The summed E-state index contributed by atoms with van der Waals surface area (Å²) >= 11 is 0. The summed E-state index contributed by atoms with van der Waals surface area (Å²) in [6.45, 7) is 2.22. The fourth-order valence-electron chi connectivity index (χ4n) is 2.21. The van der Waals surface area contributed by atoms with Crippen LogP contribution in [-0.2, 0) is 6.42 Å². The first kappa shape index (κ1) is 13.6. The SMILES string of the molecule is COc1cccc(CC(CO)c2ccc(C)cc2)c1. The molecule has 1 unspecified atom stereocenters. The van der Waals surface area contributed by atoms with Crippen molar-refractivity contribution >= 4 is 0 Å². The Balaban J connectivity index is 2.16. The minimum Gasteiger partial charge on any atom is -0.497 e. The van der Waals surface area contributed by atoms with Gasteiger partial charge in [0.2, 0.25) is 0 Å². The molecule has 0 heterocycles. The molecule has 100 valence electrons.